The monoisotopic (exact) mass is 346 g/mol. The number of aromatic amines is 1. The number of fused-ring (bicyclic) bond motifs is 1. The molecule has 0 aliphatic rings. The highest BCUT2D eigenvalue weighted by Crippen LogP contribution is 2.31. The van der Waals surface area contributed by atoms with E-state index in [0.29, 0.717) is 18.3 Å². The first kappa shape index (κ1) is 16.0. The van der Waals surface area contributed by atoms with Crippen molar-refractivity contribution in [2.45, 2.75) is 6.61 Å². The molecular weight excluding hydrogens is 328 g/mol. The quantitative estimate of drug-likeness (QED) is 0.545. The van der Waals surface area contributed by atoms with Crippen LogP contribution in [0.25, 0.3) is 10.8 Å². The topological polar surface area (TPSA) is 72.1 Å². The summed E-state index contributed by atoms with van der Waals surface area (Å²) in [6.07, 6.45) is 1.68. The van der Waals surface area contributed by atoms with E-state index in [1.807, 2.05) is 60.7 Å². The minimum absolute atomic E-state index is 0.447. The average Bonchev–Trinajstić information content (AvgIpc) is 3.19. The smallest absolute Gasteiger partial charge is 0.223 e. The van der Waals surface area contributed by atoms with Crippen molar-refractivity contribution in [1.29, 1.82) is 0 Å². The molecule has 6 nitrogen and oxygen atoms in total. The Morgan fingerprint density at radius 3 is 2.69 bits per heavy atom. The lowest BCUT2D eigenvalue weighted by Crippen LogP contribution is -2.01. The first-order valence-corrected chi connectivity index (χ1v) is 8.24. The molecule has 2 heterocycles. The maximum Gasteiger partial charge on any atom is 0.223 e. The highest BCUT2D eigenvalue weighted by molar-refractivity contribution is 5.90. The summed E-state index contributed by atoms with van der Waals surface area (Å²) in [5, 5.41) is 11.9. The Morgan fingerprint density at radius 1 is 1.04 bits per heavy atom. The summed E-state index contributed by atoms with van der Waals surface area (Å²) in [5.41, 5.74) is 1.09. The Labute approximate surface area is 150 Å². The van der Waals surface area contributed by atoms with Gasteiger partial charge in [0.15, 0.2) is 0 Å². The number of pyridine rings is 1. The number of hydrogen-bond acceptors (Lipinski definition) is 5. The molecule has 0 aliphatic carbocycles. The van der Waals surface area contributed by atoms with Gasteiger partial charge in [-0.15, -0.1) is 0 Å². The molecule has 4 aromatic rings. The van der Waals surface area contributed by atoms with Crippen LogP contribution in [-0.2, 0) is 6.61 Å². The highest BCUT2D eigenvalue weighted by Gasteiger charge is 2.10. The fourth-order valence-electron chi connectivity index (χ4n) is 2.69. The second kappa shape index (κ2) is 7.14. The summed E-state index contributed by atoms with van der Waals surface area (Å²) in [6.45, 7) is 0.447. The van der Waals surface area contributed by atoms with E-state index in [-0.39, 0.29) is 0 Å². The van der Waals surface area contributed by atoms with Crippen LogP contribution in [0, 0.1) is 0 Å². The number of ether oxygens (including phenoxy) is 2. The fraction of sp³-hybridized carbons (Fsp3) is 0.100. The molecule has 130 valence electrons. The lowest BCUT2D eigenvalue weighted by molar-refractivity contribution is 0.298. The number of nitrogens with one attached hydrogen (secondary N) is 2. The van der Waals surface area contributed by atoms with Crippen molar-refractivity contribution in [2.75, 3.05) is 12.4 Å². The van der Waals surface area contributed by atoms with Gasteiger partial charge in [-0.3, -0.25) is 5.10 Å². The van der Waals surface area contributed by atoms with Gasteiger partial charge in [-0.05, 0) is 35.2 Å². The largest absolute Gasteiger partial charge is 0.497 e. The van der Waals surface area contributed by atoms with Crippen LogP contribution in [0.3, 0.4) is 0 Å². The highest BCUT2D eigenvalue weighted by atomic mass is 16.5. The predicted octanol–water partition coefficient (Wildman–Crippen LogP) is 4.29. The van der Waals surface area contributed by atoms with Gasteiger partial charge in [0.1, 0.15) is 24.0 Å². The van der Waals surface area contributed by atoms with E-state index >= 15 is 0 Å². The predicted molar refractivity (Wildman–Crippen MR) is 101 cm³/mol. The number of rotatable bonds is 6. The van der Waals surface area contributed by atoms with E-state index in [1.165, 1.54) is 0 Å². The number of methoxy groups -OCH3 is 1. The minimum atomic E-state index is 0.447. The summed E-state index contributed by atoms with van der Waals surface area (Å²) < 4.78 is 11.4. The molecule has 0 radical (unpaired) electrons. The number of H-pyrrole nitrogens is 1. The zero-order chi connectivity index (χ0) is 17.8. The van der Waals surface area contributed by atoms with Gasteiger partial charge in [-0.2, -0.15) is 10.1 Å². The van der Waals surface area contributed by atoms with Gasteiger partial charge >= 0.3 is 0 Å². The second-order valence-corrected chi connectivity index (χ2v) is 5.77. The molecule has 2 N–H and O–H groups in total. The molecular formula is C20H18N4O2. The molecule has 0 atom stereocenters. The van der Waals surface area contributed by atoms with E-state index in [9.17, 15) is 0 Å². The third-order valence-electron chi connectivity index (χ3n) is 3.99. The van der Waals surface area contributed by atoms with Crippen molar-refractivity contribution in [2.24, 2.45) is 0 Å². The molecule has 4 rings (SSSR count). The zero-order valence-corrected chi connectivity index (χ0v) is 14.3. The van der Waals surface area contributed by atoms with E-state index in [2.05, 4.69) is 20.5 Å². The molecule has 6 heteroatoms. The number of nitrogens with zero attached hydrogens (tertiary/aromatic N) is 2. The van der Waals surface area contributed by atoms with Crippen LogP contribution in [-0.4, -0.2) is 22.3 Å². The molecule has 0 saturated heterocycles. The van der Waals surface area contributed by atoms with Crippen LogP contribution in [0.4, 0.5) is 11.6 Å². The van der Waals surface area contributed by atoms with Crippen molar-refractivity contribution in [3.05, 3.63) is 72.4 Å². The van der Waals surface area contributed by atoms with Gasteiger partial charge in [0.05, 0.1) is 13.3 Å². The maximum atomic E-state index is 6.02. The summed E-state index contributed by atoms with van der Waals surface area (Å²) >= 11 is 0. The first-order valence-electron chi connectivity index (χ1n) is 8.24. The summed E-state index contributed by atoms with van der Waals surface area (Å²) in [7, 11) is 1.65. The van der Waals surface area contributed by atoms with Gasteiger partial charge in [0.25, 0.3) is 0 Å². The van der Waals surface area contributed by atoms with Crippen LogP contribution in [0.1, 0.15) is 5.56 Å². The lowest BCUT2D eigenvalue weighted by Gasteiger charge is -2.12. The molecule has 2 aromatic carbocycles. The molecule has 0 fully saturated rings. The van der Waals surface area contributed by atoms with Crippen molar-refractivity contribution >= 4 is 22.4 Å². The Bertz CT molecular complexity index is 1000. The molecule has 0 saturated carbocycles. The van der Waals surface area contributed by atoms with Crippen molar-refractivity contribution in [3.63, 3.8) is 0 Å². The number of hydrogen-bond donors (Lipinski definition) is 2. The minimum Gasteiger partial charge on any atom is -0.497 e. The second-order valence-electron chi connectivity index (χ2n) is 5.77. The maximum absolute atomic E-state index is 6.02. The van der Waals surface area contributed by atoms with Crippen molar-refractivity contribution in [1.82, 2.24) is 15.2 Å². The van der Waals surface area contributed by atoms with Crippen LogP contribution in [0.5, 0.6) is 11.6 Å². The molecule has 0 amide bonds. The summed E-state index contributed by atoms with van der Waals surface area (Å²) in [6, 6.07) is 19.6. The van der Waals surface area contributed by atoms with Gasteiger partial charge in [-0.1, -0.05) is 30.3 Å². The third-order valence-corrected chi connectivity index (χ3v) is 3.99. The Morgan fingerprint density at radius 2 is 1.92 bits per heavy atom. The zero-order valence-electron chi connectivity index (χ0n) is 14.3. The number of aromatic nitrogens is 3. The van der Waals surface area contributed by atoms with Gasteiger partial charge in [-0.25, -0.2) is 0 Å². The molecule has 0 spiro atoms. The molecule has 0 aliphatic heterocycles. The van der Waals surface area contributed by atoms with Crippen LogP contribution < -0.4 is 14.8 Å². The molecule has 0 bridgehead atoms. The van der Waals surface area contributed by atoms with Gasteiger partial charge < -0.3 is 14.8 Å². The Hall–Kier alpha value is -3.54. The fourth-order valence-corrected chi connectivity index (χ4v) is 2.69. The van der Waals surface area contributed by atoms with Gasteiger partial charge in [0.2, 0.25) is 5.88 Å². The third kappa shape index (κ3) is 3.44. The van der Waals surface area contributed by atoms with Crippen molar-refractivity contribution < 1.29 is 9.47 Å². The van der Waals surface area contributed by atoms with Crippen LogP contribution in [0.15, 0.2) is 66.9 Å². The summed E-state index contributed by atoms with van der Waals surface area (Å²) in [4.78, 5) is 4.62. The van der Waals surface area contributed by atoms with Crippen LogP contribution in [0.2, 0.25) is 0 Å². The molecule has 0 unspecified atom stereocenters. The van der Waals surface area contributed by atoms with E-state index in [4.69, 9.17) is 9.47 Å². The van der Waals surface area contributed by atoms with Crippen LogP contribution >= 0.6 is 0 Å². The van der Waals surface area contributed by atoms with Gasteiger partial charge in [0, 0.05) is 11.5 Å². The SMILES string of the molecule is COc1ccc2c(OCc3ccccc3)nc(Nc3ccn[nH]3)cc2c1. The van der Waals surface area contributed by atoms with E-state index in [1.54, 1.807) is 13.3 Å². The normalized spacial score (nSPS) is 10.7. The average molecular weight is 346 g/mol. The standard InChI is InChI=1S/C20H18N4O2/c1-25-16-7-8-17-15(11-16)12-19(22-18-9-10-21-24-18)23-20(17)26-13-14-5-3-2-4-6-14/h2-12H,13H2,1H3,(H2,21,22,23,24). The molecule has 2 aromatic heterocycles. The number of benzene rings is 2. The summed E-state index contributed by atoms with van der Waals surface area (Å²) in [5.74, 6) is 2.77. The first-order chi connectivity index (χ1) is 12.8. The van der Waals surface area contributed by atoms with E-state index in [0.717, 1.165) is 27.9 Å². The lowest BCUT2D eigenvalue weighted by atomic mass is 10.1. The number of anilines is 2. The Kier molecular flexibility index (Phi) is 4.38. The van der Waals surface area contributed by atoms with Crippen molar-refractivity contribution in [3.8, 4) is 11.6 Å². The van der Waals surface area contributed by atoms with E-state index < -0.39 is 0 Å². The Balaban J connectivity index is 1.70. The molecule has 26 heavy (non-hydrogen) atoms.